The highest BCUT2D eigenvalue weighted by atomic mass is 16.3. The summed E-state index contributed by atoms with van der Waals surface area (Å²) in [5, 5.41) is 2.92. The molecule has 1 aliphatic carbocycles. The summed E-state index contributed by atoms with van der Waals surface area (Å²) in [7, 11) is 4.04. The number of anilines is 1. The monoisotopic (exact) mass is 380 g/mol. The summed E-state index contributed by atoms with van der Waals surface area (Å²) in [5.74, 6) is 0.722. The van der Waals surface area contributed by atoms with Gasteiger partial charge in [0.15, 0.2) is 11.3 Å². The number of pyridine rings is 1. The van der Waals surface area contributed by atoms with Gasteiger partial charge in [-0.2, -0.15) is 0 Å². The Kier molecular flexibility index (Phi) is 4.02. The smallest absolute Gasteiger partial charge is 0.155 e. The lowest BCUT2D eigenvalue weighted by atomic mass is 10.0. The number of hydrogen-bond donors (Lipinski definition) is 0. The minimum atomic E-state index is 0.722. The van der Waals surface area contributed by atoms with Gasteiger partial charge in [-0.25, -0.2) is 9.98 Å². The van der Waals surface area contributed by atoms with Crippen molar-refractivity contribution >= 4 is 33.2 Å². The van der Waals surface area contributed by atoms with Crippen LogP contribution in [0.1, 0.15) is 5.56 Å². The van der Waals surface area contributed by atoms with E-state index in [1.807, 2.05) is 50.5 Å². The number of rotatable bonds is 2. The molecule has 0 bridgehead atoms. The molecule has 0 spiro atoms. The van der Waals surface area contributed by atoms with E-state index in [0.29, 0.717) is 0 Å². The van der Waals surface area contributed by atoms with Crippen molar-refractivity contribution in [1.82, 2.24) is 9.97 Å². The lowest BCUT2D eigenvalue weighted by molar-refractivity contribution is 0.613. The number of aromatic nitrogens is 2. The van der Waals surface area contributed by atoms with Crippen LogP contribution >= 0.6 is 0 Å². The highest BCUT2D eigenvalue weighted by Gasteiger charge is 2.16. The van der Waals surface area contributed by atoms with Crippen molar-refractivity contribution in [2.45, 2.75) is 6.92 Å². The summed E-state index contributed by atoms with van der Waals surface area (Å²) in [5.41, 5.74) is 5.53. The third kappa shape index (κ3) is 3.01. The Morgan fingerprint density at radius 2 is 1.69 bits per heavy atom. The SMILES string of the molecule is Cc1cc(N(C)C)cc2oc3c/c(=N/c4ccncc4)c4ccccc4c-3nc12. The maximum absolute atomic E-state index is 6.34. The van der Waals surface area contributed by atoms with Gasteiger partial charge in [-0.05, 0) is 30.7 Å². The standard InChI is InChI=1S/C24H20N4O/c1-15-12-17(28(2)3)13-21-23(15)27-24-19-7-5-4-6-18(19)20(14-22(24)29-21)26-16-8-10-25-11-9-16/h4-14H,1-3H3/b26-20-. The lowest BCUT2D eigenvalue weighted by Gasteiger charge is -2.16. The van der Waals surface area contributed by atoms with E-state index in [0.717, 1.165) is 55.6 Å². The van der Waals surface area contributed by atoms with Crippen molar-refractivity contribution < 1.29 is 4.42 Å². The Hall–Kier alpha value is -3.73. The quantitative estimate of drug-likeness (QED) is 0.316. The summed E-state index contributed by atoms with van der Waals surface area (Å²) in [6.45, 7) is 2.07. The summed E-state index contributed by atoms with van der Waals surface area (Å²) < 4.78 is 6.34. The molecule has 0 atom stereocenters. The molecule has 0 N–H and O–H groups in total. The zero-order valence-corrected chi connectivity index (χ0v) is 16.5. The molecule has 5 rings (SSSR count). The van der Waals surface area contributed by atoms with Crippen molar-refractivity contribution in [2.75, 3.05) is 19.0 Å². The maximum Gasteiger partial charge on any atom is 0.155 e. The van der Waals surface area contributed by atoms with Gasteiger partial charge in [0.05, 0.1) is 11.0 Å². The third-order valence-corrected chi connectivity index (χ3v) is 5.08. The molecular formula is C24H20N4O. The molecule has 29 heavy (non-hydrogen) atoms. The topological polar surface area (TPSA) is 54.5 Å². The maximum atomic E-state index is 6.34. The largest absolute Gasteiger partial charge is 0.453 e. The van der Waals surface area contributed by atoms with Crippen molar-refractivity contribution in [1.29, 1.82) is 0 Å². The molecule has 0 radical (unpaired) electrons. The average molecular weight is 380 g/mol. The Bertz CT molecular complexity index is 1390. The fourth-order valence-corrected chi connectivity index (χ4v) is 3.60. The molecule has 0 amide bonds. The third-order valence-electron chi connectivity index (χ3n) is 5.08. The van der Waals surface area contributed by atoms with Crippen LogP contribution in [0.15, 0.2) is 76.4 Å². The molecule has 2 aliphatic rings. The second-order valence-electron chi connectivity index (χ2n) is 7.32. The normalized spacial score (nSPS) is 12.2. The number of hydrogen-bond acceptors (Lipinski definition) is 5. The van der Waals surface area contributed by atoms with E-state index < -0.39 is 0 Å². The van der Waals surface area contributed by atoms with Crippen LogP contribution < -0.4 is 10.3 Å². The molecule has 1 aliphatic heterocycles. The predicted molar refractivity (Wildman–Crippen MR) is 117 cm³/mol. The molecule has 2 heterocycles. The van der Waals surface area contributed by atoms with Crippen LogP contribution in [0.2, 0.25) is 0 Å². The van der Waals surface area contributed by atoms with Gasteiger partial charge in [0, 0.05) is 55.1 Å². The van der Waals surface area contributed by atoms with Crippen molar-refractivity contribution in [2.24, 2.45) is 4.99 Å². The van der Waals surface area contributed by atoms with Gasteiger partial charge in [0.1, 0.15) is 11.2 Å². The number of nitrogens with zero attached hydrogens (tertiary/aromatic N) is 4. The van der Waals surface area contributed by atoms with E-state index in [9.17, 15) is 0 Å². The molecule has 1 aromatic heterocycles. The molecule has 2 aromatic carbocycles. The Balaban J connectivity index is 1.89. The lowest BCUT2D eigenvalue weighted by Crippen LogP contribution is -2.09. The molecular weight excluding hydrogens is 360 g/mol. The highest BCUT2D eigenvalue weighted by molar-refractivity contribution is 5.97. The predicted octanol–water partition coefficient (Wildman–Crippen LogP) is 5.09. The van der Waals surface area contributed by atoms with E-state index in [1.165, 1.54) is 0 Å². The fourth-order valence-electron chi connectivity index (χ4n) is 3.60. The van der Waals surface area contributed by atoms with E-state index in [2.05, 4.69) is 35.0 Å². The van der Waals surface area contributed by atoms with E-state index in [1.54, 1.807) is 12.4 Å². The van der Waals surface area contributed by atoms with E-state index in [-0.39, 0.29) is 0 Å². The van der Waals surface area contributed by atoms with Crippen molar-refractivity contribution in [3.05, 3.63) is 77.9 Å². The first-order valence-electron chi connectivity index (χ1n) is 9.49. The van der Waals surface area contributed by atoms with Crippen LogP contribution in [-0.2, 0) is 0 Å². The van der Waals surface area contributed by atoms with Crippen LogP contribution in [0.5, 0.6) is 0 Å². The van der Waals surface area contributed by atoms with Gasteiger partial charge in [0.2, 0.25) is 0 Å². The second kappa shape index (κ2) is 6.71. The zero-order valence-electron chi connectivity index (χ0n) is 16.5. The van der Waals surface area contributed by atoms with Crippen LogP contribution in [0.3, 0.4) is 0 Å². The van der Waals surface area contributed by atoms with Gasteiger partial charge in [-0.1, -0.05) is 24.3 Å². The van der Waals surface area contributed by atoms with E-state index >= 15 is 0 Å². The molecule has 142 valence electrons. The summed E-state index contributed by atoms with van der Waals surface area (Å²) in [4.78, 5) is 16.0. The first-order chi connectivity index (χ1) is 14.1. The Morgan fingerprint density at radius 1 is 0.931 bits per heavy atom. The van der Waals surface area contributed by atoms with E-state index in [4.69, 9.17) is 14.4 Å². The molecule has 0 saturated carbocycles. The van der Waals surface area contributed by atoms with Crippen LogP contribution in [0.25, 0.3) is 33.3 Å². The van der Waals surface area contributed by atoms with Crippen LogP contribution in [0, 0.1) is 6.92 Å². The van der Waals surface area contributed by atoms with Crippen molar-refractivity contribution in [3.63, 3.8) is 0 Å². The molecule has 0 fully saturated rings. The first kappa shape index (κ1) is 17.4. The Labute approximate surface area is 168 Å². The second-order valence-corrected chi connectivity index (χ2v) is 7.32. The average Bonchev–Trinajstić information content (AvgIpc) is 2.73. The minimum absolute atomic E-state index is 0.722. The number of aryl methyl sites for hydroxylation is 1. The van der Waals surface area contributed by atoms with Crippen molar-refractivity contribution in [3.8, 4) is 11.5 Å². The fraction of sp³-hybridized carbons (Fsp3) is 0.125. The molecule has 0 saturated heterocycles. The highest BCUT2D eigenvalue weighted by Crippen LogP contribution is 2.33. The van der Waals surface area contributed by atoms with Gasteiger partial charge in [-0.15, -0.1) is 0 Å². The van der Waals surface area contributed by atoms with Crippen LogP contribution in [-0.4, -0.2) is 24.1 Å². The molecule has 0 unspecified atom stereocenters. The minimum Gasteiger partial charge on any atom is -0.453 e. The first-order valence-corrected chi connectivity index (χ1v) is 9.49. The van der Waals surface area contributed by atoms with Gasteiger partial charge < -0.3 is 9.32 Å². The number of benzene rings is 3. The van der Waals surface area contributed by atoms with Gasteiger partial charge in [0.25, 0.3) is 0 Å². The van der Waals surface area contributed by atoms with Crippen LogP contribution in [0.4, 0.5) is 11.4 Å². The molecule has 5 nitrogen and oxygen atoms in total. The van der Waals surface area contributed by atoms with Gasteiger partial charge in [-0.3, -0.25) is 4.98 Å². The molecule has 5 heteroatoms. The summed E-state index contributed by atoms with van der Waals surface area (Å²) >= 11 is 0. The zero-order chi connectivity index (χ0) is 20.0. The summed E-state index contributed by atoms with van der Waals surface area (Å²) in [6.07, 6.45) is 3.49. The number of fused-ring (bicyclic) bond motifs is 4. The summed E-state index contributed by atoms with van der Waals surface area (Å²) in [6, 6.07) is 18.1. The van der Waals surface area contributed by atoms with Gasteiger partial charge >= 0.3 is 0 Å². The molecule has 3 aromatic rings. The Morgan fingerprint density at radius 3 is 2.45 bits per heavy atom.